The summed E-state index contributed by atoms with van der Waals surface area (Å²) in [5.74, 6) is 1.93. The molecule has 0 spiro atoms. The number of furan rings is 1. The Labute approximate surface area is 334 Å². The fourth-order valence-corrected chi connectivity index (χ4v) is 9.31. The second kappa shape index (κ2) is 12.5. The van der Waals surface area contributed by atoms with Crippen LogP contribution in [0.2, 0.25) is 0 Å². The maximum absolute atomic E-state index is 6.64. The molecule has 1 aliphatic carbocycles. The lowest BCUT2D eigenvalue weighted by Crippen LogP contribution is -2.40. The van der Waals surface area contributed by atoms with Gasteiger partial charge in [0.25, 0.3) is 0 Å². The Morgan fingerprint density at radius 2 is 1.14 bits per heavy atom. The average molecular weight is 746 g/mol. The fourth-order valence-electron chi connectivity index (χ4n) is 9.31. The number of rotatable bonds is 5. The van der Waals surface area contributed by atoms with E-state index in [1.54, 1.807) is 0 Å². The lowest BCUT2D eigenvalue weighted by molar-refractivity contribution is 0.607. The first-order valence-corrected chi connectivity index (χ1v) is 19.8. The second-order valence-electron chi connectivity index (χ2n) is 15.4. The third-order valence-electron chi connectivity index (χ3n) is 12.0. The minimum Gasteiger partial charge on any atom is -0.455 e. The summed E-state index contributed by atoms with van der Waals surface area (Å²) in [5, 5.41) is 4.71. The van der Waals surface area contributed by atoms with Gasteiger partial charge in [-0.15, -0.1) is 0 Å². The Morgan fingerprint density at radius 3 is 1.86 bits per heavy atom. The molecular formula is C52H35N5O. The van der Waals surface area contributed by atoms with Crippen LogP contribution in [0.1, 0.15) is 18.9 Å². The highest BCUT2D eigenvalue weighted by molar-refractivity contribution is 6.15. The zero-order valence-corrected chi connectivity index (χ0v) is 31.7. The molecule has 12 rings (SSSR count). The third kappa shape index (κ3) is 4.81. The van der Waals surface area contributed by atoms with Crippen LogP contribution in [0, 0.1) is 0 Å². The molecule has 0 fully saturated rings. The molecule has 4 heterocycles. The molecule has 0 N–H and O–H groups in total. The van der Waals surface area contributed by atoms with Gasteiger partial charge in [-0.3, -0.25) is 0 Å². The van der Waals surface area contributed by atoms with Crippen molar-refractivity contribution in [2.45, 2.75) is 18.9 Å². The number of hydrogen-bond donors (Lipinski definition) is 0. The second-order valence-corrected chi connectivity index (χ2v) is 15.4. The molecule has 0 radical (unpaired) electrons. The first kappa shape index (κ1) is 32.7. The molecule has 0 saturated carbocycles. The molecule has 6 heteroatoms. The van der Waals surface area contributed by atoms with Gasteiger partial charge in [0.1, 0.15) is 11.2 Å². The van der Waals surface area contributed by atoms with Gasteiger partial charge < -0.3 is 13.9 Å². The maximum Gasteiger partial charge on any atom is 0.164 e. The minimum absolute atomic E-state index is 0.276. The highest BCUT2D eigenvalue weighted by Crippen LogP contribution is 2.57. The smallest absolute Gasteiger partial charge is 0.164 e. The Kier molecular flexibility index (Phi) is 7.02. The van der Waals surface area contributed by atoms with Gasteiger partial charge in [-0.25, -0.2) is 15.0 Å². The van der Waals surface area contributed by atoms with Gasteiger partial charge in [0.15, 0.2) is 17.5 Å². The van der Waals surface area contributed by atoms with E-state index in [2.05, 4.69) is 132 Å². The van der Waals surface area contributed by atoms with E-state index in [4.69, 9.17) is 19.4 Å². The molecule has 58 heavy (non-hydrogen) atoms. The van der Waals surface area contributed by atoms with Crippen molar-refractivity contribution in [1.82, 2.24) is 19.5 Å². The zero-order valence-electron chi connectivity index (χ0n) is 31.7. The molecule has 1 atom stereocenters. The largest absolute Gasteiger partial charge is 0.455 e. The Morgan fingerprint density at radius 1 is 0.534 bits per heavy atom. The highest BCUT2D eigenvalue weighted by atomic mass is 16.3. The summed E-state index contributed by atoms with van der Waals surface area (Å²) in [6.07, 6.45) is 7.65. The van der Waals surface area contributed by atoms with Crippen LogP contribution in [0.3, 0.4) is 0 Å². The predicted octanol–water partition coefficient (Wildman–Crippen LogP) is 13.1. The quantitative estimate of drug-likeness (QED) is 0.176. The van der Waals surface area contributed by atoms with Crippen LogP contribution in [-0.2, 0) is 0 Å². The van der Waals surface area contributed by atoms with Gasteiger partial charge in [-0.2, -0.15) is 0 Å². The first-order chi connectivity index (χ1) is 28.6. The lowest BCUT2D eigenvalue weighted by Gasteiger charge is -2.39. The molecule has 1 aliphatic heterocycles. The van der Waals surface area contributed by atoms with Crippen LogP contribution in [0.4, 0.5) is 11.4 Å². The third-order valence-corrected chi connectivity index (χ3v) is 12.0. The van der Waals surface area contributed by atoms with Crippen molar-refractivity contribution in [2.75, 3.05) is 4.90 Å². The fraction of sp³-hybridized carbons (Fsp3) is 0.0577. The first-order valence-electron chi connectivity index (χ1n) is 19.8. The number of fused-ring (bicyclic) bond motifs is 10. The molecule has 1 unspecified atom stereocenters. The summed E-state index contributed by atoms with van der Waals surface area (Å²) >= 11 is 0. The number of benzene rings is 7. The summed E-state index contributed by atoms with van der Waals surface area (Å²) in [7, 11) is 0. The van der Waals surface area contributed by atoms with E-state index >= 15 is 0 Å². The standard InChI is InChI=1S/C52H35N5O/c1-52-31-13-12-20-42(52)47-45(30-28-40-39-19-9-11-22-46(39)58-48(40)47)57(52)37-27-29-44-41(32-37)38-18-8-10-21-43(38)56(44)36-25-23-35(24-26-36)51-54-49(33-14-4-2-5-15-33)53-50(55-51)34-16-6-3-7-17-34/h2-30,32H,31H2,1H3. The van der Waals surface area contributed by atoms with Crippen LogP contribution < -0.4 is 4.90 Å². The van der Waals surface area contributed by atoms with Crippen LogP contribution >= 0.6 is 0 Å². The molecule has 0 amide bonds. The number of anilines is 2. The van der Waals surface area contributed by atoms with Gasteiger partial charge >= 0.3 is 0 Å². The van der Waals surface area contributed by atoms with Crippen molar-refractivity contribution in [3.63, 3.8) is 0 Å². The predicted molar refractivity (Wildman–Crippen MR) is 236 cm³/mol. The van der Waals surface area contributed by atoms with E-state index in [-0.39, 0.29) is 5.54 Å². The van der Waals surface area contributed by atoms with Gasteiger partial charge in [0.2, 0.25) is 0 Å². The average Bonchev–Trinajstić information content (AvgIpc) is 3.92. The van der Waals surface area contributed by atoms with E-state index < -0.39 is 0 Å². The van der Waals surface area contributed by atoms with E-state index in [1.165, 1.54) is 27.6 Å². The summed E-state index contributed by atoms with van der Waals surface area (Å²) in [4.78, 5) is 17.4. The number of para-hydroxylation sites is 2. The molecule has 2 aliphatic rings. The van der Waals surface area contributed by atoms with Crippen LogP contribution in [0.5, 0.6) is 0 Å². The molecule has 274 valence electrons. The van der Waals surface area contributed by atoms with E-state index in [0.717, 1.165) is 67.5 Å². The Hall–Kier alpha value is -7.57. The minimum atomic E-state index is -0.276. The van der Waals surface area contributed by atoms with Crippen LogP contribution in [0.25, 0.3) is 89.2 Å². The van der Waals surface area contributed by atoms with E-state index in [0.29, 0.717) is 17.5 Å². The SMILES string of the molecule is CC12CC=CC=C1c1c(ccc3c1oc1ccccc13)N2c1ccc2c(c1)c1ccccc1n2-c1ccc(-c2nc(-c3ccccc3)nc(-c3ccccc3)n2)cc1. The summed E-state index contributed by atoms with van der Waals surface area (Å²) < 4.78 is 9.00. The van der Waals surface area contributed by atoms with Crippen LogP contribution in [0.15, 0.2) is 186 Å². The van der Waals surface area contributed by atoms with Crippen LogP contribution in [-0.4, -0.2) is 25.1 Å². The van der Waals surface area contributed by atoms with Gasteiger partial charge in [-0.1, -0.05) is 115 Å². The Balaban J connectivity index is 0.982. The van der Waals surface area contributed by atoms with Crippen molar-refractivity contribution in [1.29, 1.82) is 0 Å². The normalized spacial score (nSPS) is 16.0. The maximum atomic E-state index is 6.64. The summed E-state index contributed by atoms with van der Waals surface area (Å²) in [6, 6.07) is 57.3. The highest BCUT2D eigenvalue weighted by Gasteiger charge is 2.46. The molecular weight excluding hydrogens is 711 g/mol. The topological polar surface area (TPSA) is 60.0 Å². The van der Waals surface area contributed by atoms with Crippen molar-refractivity contribution in [3.05, 3.63) is 188 Å². The summed E-state index contributed by atoms with van der Waals surface area (Å²) in [6.45, 7) is 2.37. The zero-order chi connectivity index (χ0) is 38.4. The lowest BCUT2D eigenvalue weighted by atomic mass is 9.83. The molecule has 10 aromatic rings. The van der Waals surface area contributed by atoms with Gasteiger partial charge in [0, 0.05) is 55.2 Å². The van der Waals surface area contributed by atoms with Gasteiger partial charge in [-0.05, 0) is 85.6 Å². The molecule has 0 saturated heterocycles. The Bertz CT molecular complexity index is 3270. The van der Waals surface area contributed by atoms with Crippen molar-refractivity contribution < 1.29 is 4.42 Å². The number of nitrogens with zero attached hydrogens (tertiary/aromatic N) is 5. The molecule has 7 aromatic carbocycles. The number of hydrogen-bond acceptors (Lipinski definition) is 5. The van der Waals surface area contributed by atoms with Gasteiger partial charge in [0.05, 0.1) is 22.3 Å². The van der Waals surface area contributed by atoms with E-state index in [9.17, 15) is 0 Å². The van der Waals surface area contributed by atoms with Crippen molar-refractivity contribution in [2.24, 2.45) is 0 Å². The van der Waals surface area contributed by atoms with Crippen molar-refractivity contribution >= 4 is 60.7 Å². The molecule has 6 nitrogen and oxygen atoms in total. The molecule has 3 aromatic heterocycles. The van der Waals surface area contributed by atoms with Crippen molar-refractivity contribution in [3.8, 4) is 39.9 Å². The number of allylic oxidation sites excluding steroid dienone is 2. The molecule has 0 bridgehead atoms. The number of aromatic nitrogens is 4. The van der Waals surface area contributed by atoms with E-state index in [1.807, 2.05) is 66.7 Å². The monoisotopic (exact) mass is 745 g/mol. The summed E-state index contributed by atoms with van der Waals surface area (Å²) in [5.41, 5.74) is 12.6.